The van der Waals surface area contributed by atoms with E-state index >= 15 is 0 Å². The van der Waals surface area contributed by atoms with E-state index in [0.717, 1.165) is 27.2 Å². The third-order valence-electron chi connectivity index (χ3n) is 3.76. The Balaban J connectivity index is 1.89. The molecule has 2 heterocycles. The molecule has 0 atom stereocenters. The van der Waals surface area contributed by atoms with Crippen LogP contribution in [0.25, 0.3) is 21.5 Å². The maximum absolute atomic E-state index is 6.61. The quantitative estimate of drug-likeness (QED) is 0.689. The van der Waals surface area contributed by atoms with E-state index in [1.54, 1.807) is 24.6 Å². The van der Waals surface area contributed by atoms with E-state index in [9.17, 15) is 0 Å². The summed E-state index contributed by atoms with van der Waals surface area (Å²) in [6.45, 7) is 0. The van der Waals surface area contributed by atoms with Gasteiger partial charge in [-0.15, -0.1) is 11.3 Å². The Kier molecular flexibility index (Phi) is 3.08. The van der Waals surface area contributed by atoms with Crippen molar-refractivity contribution in [3.05, 3.63) is 40.5 Å². The van der Waals surface area contributed by atoms with Crippen molar-refractivity contribution >= 4 is 33.8 Å². The molecule has 1 fully saturated rings. The molecule has 0 unspecified atom stereocenters. The molecule has 2 aromatic heterocycles. The van der Waals surface area contributed by atoms with Crippen LogP contribution in [0.15, 0.2) is 29.8 Å². The Morgan fingerprint density at radius 2 is 2.19 bits per heavy atom. The number of pyridine rings is 1. The molecule has 0 spiro atoms. The fourth-order valence-electron chi connectivity index (χ4n) is 2.47. The predicted molar refractivity (Wildman–Crippen MR) is 86.4 cm³/mol. The molecule has 1 aromatic carbocycles. The van der Waals surface area contributed by atoms with Crippen LogP contribution < -0.4 is 4.74 Å². The zero-order chi connectivity index (χ0) is 14.4. The van der Waals surface area contributed by atoms with Gasteiger partial charge in [-0.2, -0.15) is 0 Å². The number of fused-ring (bicyclic) bond motifs is 1. The van der Waals surface area contributed by atoms with E-state index in [2.05, 4.69) is 10.4 Å². The highest BCUT2D eigenvalue weighted by atomic mass is 35.5. The van der Waals surface area contributed by atoms with Gasteiger partial charge in [0.25, 0.3) is 0 Å². The summed E-state index contributed by atoms with van der Waals surface area (Å²) in [4.78, 5) is 9.22. The average molecular weight is 317 g/mol. The molecule has 3 nitrogen and oxygen atoms in total. The lowest BCUT2D eigenvalue weighted by Crippen LogP contribution is -1.90. The van der Waals surface area contributed by atoms with Gasteiger partial charge in [-0.1, -0.05) is 17.7 Å². The molecule has 1 aliphatic carbocycles. The summed E-state index contributed by atoms with van der Waals surface area (Å²) in [6.07, 6.45) is 4.31. The van der Waals surface area contributed by atoms with Gasteiger partial charge in [0.2, 0.25) is 0 Å². The van der Waals surface area contributed by atoms with E-state index in [-0.39, 0.29) is 0 Å². The van der Waals surface area contributed by atoms with Gasteiger partial charge in [0.15, 0.2) is 0 Å². The van der Waals surface area contributed by atoms with Crippen molar-refractivity contribution in [2.75, 3.05) is 7.11 Å². The van der Waals surface area contributed by atoms with Crippen LogP contribution in [0.5, 0.6) is 5.75 Å². The molecule has 0 aliphatic heterocycles. The molecule has 106 valence electrons. The van der Waals surface area contributed by atoms with E-state index in [0.29, 0.717) is 10.9 Å². The Labute approximate surface area is 131 Å². The Hall–Kier alpha value is -1.65. The minimum atomic E-state index is 0.650. The highest BCUT2D eigenvalue weighted by Gasteiger charge is 2.26. The summed E-state index contributed by atoms with van der Waals surface area (Å²) in [5.41, 5.74) is 2.90. The minimum Gasteiger partial charge on any atom is -0.496 e. The molecule has 4 rings (SSSR count). The second kappa shape index (κ2) is 4.97. The highest BCUT2D eigenvalue weighted by Crippen LogP contribution is 2.43. The Morgan fingerprint density at radius 3 is 2.95 bits per heavy atom. The molecular weight excluding hydrogens is 304 g/mol. The van der Waals surface area contributed by atoms with E-state index < -0.39 is 0 Å². The fraction of sp³-hybridized carbons (Fsp3) is 0.250. The number of hydrogen-bond acceptors (Lipinski definition) is 4. The van der Waals surface area contributed by atoms with Gasteiger partial charge in [0.1, 0.15) is 10.8 Å². The second-order valence-electron chi connectivity index (χ2n) is 5.19. The summed E-state index contributed by atoms with van der Waals surface area (Å²) in [7, 11) is 1.65. The van der Waals surface area contributed by atoms with Crippen molar-refractivity contribution in [2.45, 2.75) is 18.8 Å². The van der Waals surface area contributed by atoms with Crippen LogP contribution in [0.2, 0.25) is 5.02 Å². The molecule has 21 heavy (non-hydrogen) atoms. The zero-order valence-electron chi connectivity index (χ0n) is 11.5. The van der Waals surface area contributed by atoms with Crippen molar-refractivity contribution in [3.63, 3.8) is 0 Å². The number of halogens is 1. The lowest BCUT2D eigenvalue weighted by atomic mass is 10.1. The van der Waals surface area contributed by atoms with Crippen LogP contribution in [0.3, 0.4) is 0 Å². The highest BCUT2D eigenvalue weighted by molar-refractivity contribution is 7.13. The van der Waals surface area contributed by atoms with Crippen LogP contribution in [0.4, 0.5) is 0 Å². The fourth-order valence-corrected chi connectivity index (χ4v) is 3.77. The first-order valence-corrected chi connectivity index (χ1v) is 8.10. The van der Waals surface area contributed by atoms with Gasteiger partial charge in [0, 0.05) is 23.1 Å². The molecular formula is C16H13ClN2OS. The summed E-state index contributed by atoms with van der Waals surface area (Å²) in [5, 5.41) is 4.58. The van der Waals surface area contributed by atoms with Crippen molar-refractivity contribution in [1.82, 2.24) is 9.97 Å². The SMILES string of the molecule is COc1cccc2ncc(-c3nc(C4CC4)cs3)c(Cl)c12. The predicted octanol–water partition coefficient (Wildman–Crippen LogP) is 4.90. The second-order valence-corrected chi connectivity index (χ2v) is 6.43. The van der Waals surface area contributed by atoms with Gasteiger partial charge < -0.3 is 4.74 Å². The van der Waals surface area contributed by atoms with Crippen LogP contribution in [-0.4, -0.2) is 17.1 Å². The average Bonchev–Trinajstić information content (AvgIpc) is 3.25. The molecule has 1 aliphatic rings. The molecule has 0 bridgehead atoms. The number of nitrogens with zero attached hydrogens (tertiary/aromatic N) is 2. The number of benzene rings is 1. The van der Waals surface area contributed by atoms with Crippen LogP contribution in [-0.2, 0) is 0 Å². The first kappa shape index (κ1) is 13.0. The molecule has 5 heteroatoms. The Bertz CT molecular complexity index is 826. The molecule has 0 saturated heterocycles. The van der Waals surface area contributed by atoms with Crippen molar-refractivity contribution in [3.8, 4) is 16.3 Å². The summed E-state index contributed by atoms with van der Waals surface area (Å²) in [6, 6.07) is 5.75. The van der Waals surface area contributed by atoms with Crippen molar-refractivity contribution in [2.24, 2.45) is 0 Å². The summed E-state index contributed by atoms with van der Waals surface area (Å²) < 4.78 is 5.41. The number of hydrogen-bond donors (Lipinski definition) is 0. The zero-order valence-corrected chi connectivity index (χ0v) is 13.0. The van der Waals surface area contributed by atoms with E-state index in [1.165, 1.54) is 18.5 Å². The summed E-state index contributed by atoms with van der Waals surface area (Å²) in [5.74, 6) is 1.39. The Morgan fingerprint density at radius 1 is 1.33 bits per heavy atom. The van der Waals surface area contributed by atoms with Gasteiger partial charge in [-0.05, 0) is 25.0 Å². The lowest BCUT2D eigenvalue weighted by molar-refractivity contribution is 0.420. The first-order chi connectivity index (χ1) is 10.3. The number of methoxy groups -OCH3 is 1. The largest absolute Gasteiger partial charge is 0.496 e. The van der Waals surface area contributed by atoms with Crippen LogP contribution >= 0.6 is 22.9 Å². The van der Waals surface area contributed by atoms with Crippen LogP contribution in [0.1, 0.15) is 24.5 Å². The van der Waals surface area contributed by atoms with Gasteiger partial charge >= 0.3 is 0 Å². The third kappa shape index (κ3) is 2.19. The lowest BCUT2D eigenvalue weighted by Gasteiger charge is -2.09. The number of aromatic nitrogens is 2. The first-order valence-electron chi connectivity index (χ1n) is 6.85. The van der Waals surface area contributed by atoms with Crippen molar-refractivity contribution in [1.29, 1.82) is 0 Å². The maximum atomic E-state index is 6.61. The van der Waals surface area contributed by atoms with Crippen LogP contribution in [0, 0.1) is 0 Å². The maximum Gasteiger partial charge on any atom is 0.129 e. The molecule has 3 aromatic rings. The van der Waals surface area contributed by atoms with Gasteiger partial charge in [0.05, 0.1) is 28.7 Å². The third-order valence-corrected chi connectivity index (χ3v) is 5.05. The number of thiazole rings is 1. The standard InChI is InChI=1S/C16H13ClN2OS/c1-20-13-4-2-3-11-14(13)15(17)10(7-18-11)16-19-12(8-21-16)9-5-6-9/h2-4,7-9H,5-6H2,1H3. The van der Waals surface area contributed by atoms with E-state index in [1.807, 2.05) is 18.2 Å². The van der Waals surface area contributed by atoms with E-state index in [4.69, 9.17) is 21.3 Å². The monoisotopic (exact) mass is 316 g/mol. The molecule has 1 saturated carbocycles. The molecule has 0 N–H and O–H groups in total. The normalized spacial score (nSPS) is 14.6. The topological polar surface area (TPSA) is 35.0 Å². The number of rotatable bonds is 3. The molecule has 0 radical (unpaired) electrons. The van der Waals surface area contributed by atoms with Crippen molar-refractivity contribution < 1.29 is 4.74 Å². The minimum absolute atomic E-state index is 0.650. The molecule has 0 amide bonds. The van der Waals surface area contributed by atoms with Gasteiger partial charge in [-0.3, -0.25) is 4.98 Å². The van der Waals surface area contributed by atoms with Gasteiger partial charge in [-0.25, -0.2) is 4.98 Å². The smallest absolute Gasteiger partial charge is 0.129 e. The summed E-state index contributed by atoms with van der Waals surface area (Å²) >= 11 is 8.24. The number of ether oxygens (including phenoxy) is 1.